The lowest BCUT2D eigenvalue weighted by molar-refractivity contribution is -0.123. The van der Waals surface area contributed by atoms with E-state index in [1.165, 1.54) is 0 Å². The summed E-state index contributed by atoms with van der Waals surface area (Å²) >= 11 is 0. The van der Waals surface area contributed by atoms with Crippen LogP contribution in [0.25, 0.3) is 0 Å². The van der Waals surface area contributed by atoms with Crippen LogP contribution in [0, 0.1) is 5.92 Å². The molecule has 3 heteroatoms. The third kappa shape index (κ3) is 5.77. The zero-order valence-electron chi connectivity index (χ0n) is 12.4. The highest BCUT2D eigenvalue weighted by atomic mass is 16.5. The highest BCUT2D eigenvalue weighted by Crippen LogP contribution is 2.25. The molecule has 0 aliphatic heterocycles. The number of para-hydroxylation sites is 1. The predicted molar refractivity (Wildman–Crippen MR) is 78.5 cm³/mol. The van der Waals surface area contributed by atoms with E-state index in [0.717, 1.165) is 17.7 Å². The number of benzene rings is 1. The number of carbonyl (C=O) groups is 1. The zero-order chi connectivity index (χ0) is 14.3. The van der Waals surface area contributed by atoms with Gasteiger partial charge in [-0.25, -0.2) is 0 Å². The van der Waals surface area contributed by atoms with Crippen LogP contribution in [-0.2, 0) is 4.79 Å². The highest BCUT2D eigenvalue weighted by Gasteiger charge is 2.08. The molecule has 106 valence electrons. The van der Waals surface area contributed by atoms with Crippen LogP contribution in [0.3, 0.4) is 0 Å². The van der Waals surface area contributed by atoms with E-state index in [4.69, 9.17) is 4.74 Å². The molecule has 0 aromatic heterocycles. The summed E-state index contributed by atoms with van der Waals surface area (Å²) in [4.78, 5) is 11.6. The Bertz CT molecular complexity index is 399. The maximum Gasteiger partial charge on any atom is 0.257 e. The summed E-state index contributed by atoms with van der Waals surface area (Å²) in [5.41, 5.74) is 1.14. The Kier molecular flexibility index (Phi) is 6.40. The predicted octanol–water partition coefficient (Wildman–Crippen LogP) is 3.35. The molecule has 0 fully saturated rings. The molecule has 0 atom stereocenters. The molecule has 1 aromatic carbocycles. The van der Waals surface area contributed by atoms with Gasteiger partial charge in [0.2, 0.25) is 0 Å². The lowest BCUT2D eigenvalue weighted by atomic mass is 10.0. The topological polar surface area (TPSA) is 38.3 Å². The van der Waals surface area contributed by atoms with E-state index in [9.17, 15) is 4.79 Å². The standard InChI is InChI=1S/C16H25NO2/c1-12(2)9-10-17-16(18)11-19-15-8-6-5-7-14(15)13(3)4/h5-8,12-13H,9-11H2,1-4H3,(H,17,18). The fourth-order valence-corrected chi connectivity index (χ4v) is 1.78. The van der Waals surface area contributed by atoms with Gasteiger partial charge < -0.3 is 10.1 Å². The van der Waals surface area contributed by atoms with Gasteiger partial charge in [-0.2, -0.15) is 0 Å². The molecule has 19 heavy (non-hydrogen) atoms. The third-order valence-corrected chi connectivity index (χ3v) is 2.94. The van der Waals surface area contributed by atoms with Crippen molar-refractivity contribution in [2.45, 2.75) is 40.0 Å². The Balaban J connectivity index is 2.42. The monoisotopic (exact) mass is 263 g/mol. The zero-order valence-corrected chi connectivity index (χ0v) is 12.4. The minimum absolute atomic E-state index is 0.0563. The van der Waals surface area contributed by atoms with Crippen LogP contribution in [0.15, 0.2) is 24.3 Å². The van der Waals surface area contributed by atoms with Gasteiger partial charge >= 0.3 is 0 Å². The molecule has 0 heterocycles. The van der Waals surface area contributed by atoms with Gasteiger partial charge in [-0.3, -0.25) is 4.79 Å². The van der Waals surface area contributed by atoms with Gasteiger partial charge in [-0.15, -0.1) is 0 Å². The molecule has 0 saturated heterocycles. The molecule has 0 aliphatic rings. The normalized spacial score (nSPS) is 10.8. The van der Waals surface area contributed by atoms with Crippen molar-refractivity contribution in [3.63, 3.8) is 0 Å². The molecule has 0 saturated carbocycles. The molecule has 1 rings (SSSR count). The largest absolute Gasteiger partial charge is 0.483 e. The van der Waals surface area contributed by atoms with Gasteiger partial charge in [-0.1, -0.05) is 45.9 Å². The van der Waals surface area contributed by atoms with Crippen LogP contribution < -0.4 is 10.1 Å². The molecule has 1 N–H and O–H groups in total. The molecular formula is C16H25NO2. The first-order chi connectivity index (χ1) is 9.00. The highest BCUT2D eigenvalue weighted by molar-refractivity contribution is 5.77. The van der Waals surface area contributed by atoms with Crippen molar-refractivity contribution in [1.82, 2.24) is 5.32 Å². The fraction of sp³-hybridized carbons (Fsp3) is 0.562. The first kappa shape index (κ1) is 15.5. The van der Waals surface area contributed by atoms with E-state index in [2.05, 4.69) is 33.0 Å². The number of nitrogens with one attached hydrogen (secondary N) is 1. The van der Waals surface area contributed by atoms with E-state index in [1.54, 1.807) is 0 Å². The van der Waals surface area contributed by atoms with E-state index >= 15 is 0 Å². The second-order valence-electron chi connectivity index (χ2n) is 5.51. The quantitative estimate of drug-likeness (QED) is 0.819. The van der Waals surface area contributed by atoms with E-state index in [0.29, 0.717) is 18.4 Å². The molecule has 0 radical (unpaired) electrons. The molecular weight excluding hydrogens is 238 g/mol. The van der Waals surface area contributed by atoms with Gasteiger partial charge in [0.15, 0.2) is 6.61 Å². The number of hydrogen-bond donors (Lipinski definition) is 1. The first-order valence-corrected chi connectivity index (χ1v) is 6.99. The summed E-state index contributed by atoms with van der Waals surface area (Å²) in [5, 5.41) is 2.87. The van der Waals surface area contributed by atoms with Crippen molar-refractivity contribution in [1.29, 1.82) is 0 Å². The minimum atomic E-state index is -0.0563. The number of amides is 1. The summed E-state index contributed by atoms with van der Waals surface area (Å²) < 4.78 is 5.61. The smallest absolute Gasteiger partial charge is 0.257 e. The Morgan fingerprint density at radius 3 is 2.53 bits per heavy atom. The summed E-state index contributed by atoms with van der Waals surface area (Å²) in [6, 6.07) is 7.87. The van der Waals surface area contributed by atoms with E-state index in [-0.39, 0.29) is 12.5 Å². The Morgan fingerprint density at radius 2 is 1.89 bits per heavy atom. The van der Waals surface area contributed by atoms with Gasteiger partial charge in [0.1, 0.15) is 5.75 Å². The second-order valence-corrected chi connectivity index (χ2v) is 5.51. The fourth-order valence-electron chi connectivity index (χ4n) is 1.78. The van der Waals surface area contributed by atoms with Crippen LogP contribution >= 0.6 is 0 Å². The lowest BCUT2D eigenvalue weighted by Crippen LogP contribution is -2.30. The molecule has 0 unspecified atom stereocenters. The van der Waals surface area contributed by atoms with Gasteiger partial charge in [0, 0.05) is 6.54 Å². The minimum Gasteiger partial charge on any atom is -0.483 e. The Hall–Kier alpha value is -1.51. The van der Waals surface area contributed by atoms with E-state index in [1.807, 2.05) is 24.3 Å². The van der Waals surface area contributed by atoms with Gasteiger partial charge in [0.25, 0.3) is 5.91 Å². The average molecular weight is 263 g/mol. The molecule has 0 spiro atoms. The van der Waals surface area contributed by atoms with Crippen LogP contribution in [0.4, 0.5) is 0 Å². The third-order valence-electron chi connectivity index (χ3n) is 2.94. The summed E-state index contributed by atoms with van der Waals surface area (Å²) in [6.07, 6.45) is 0.994. The Labute approximate surface area is 116 Å². The van der Waals surface area contributed by atoms with Gasteiger partial charge in [0.05, 0.1) is 0 Å². The lowest BCUT2D eigenvalue weighted by Gasteiger charge is -2.14. The van der Waals surface area contributed by atoms with Crippen molar-refractivity contribution < 1.29 is 9.53 Å². The summed E-state index contributed by atoms with van der Waals surface area (Å²) in [7, 11) is 0. The average Bonchev–Trinajstić information content (AvgIpc) is 2.36. The van der Waals surface area contributed by atoms with Crippen LogP contribution in [0.2, 0.25) is 0 Å². The number of rotatable bonds is 7. The van der Waals surface area contributed by atoms with E-state index < -0.39 is 0 Å². The summed E-state index contributed by atoms with van der Waals surface area (Å²) in [5.74, 6) is 1.74. The number of carbonyl (C=O) groups excluding carboxylic acids is 1. The van der Waals surface area contributed by atoms with Crippen molar-refractivity contribution in [2.75, 3.05) is 13.2 Å². The number of hydrogen-bond acceptors (Lipinski definition) is 2. The molecule has 0 bridgehead atoms. The Morgan fingerprint density at radius 1 is 1.21 bits per heavy atom. The van der Waals surface area contributed by atoms with Crippen LogP contribution in [-0.4, -0.2) is 19.1 Å². The molecule has 3 nitrogen and oxygen atoms in total. The van der Waals surface area contributed by atoms with Crippen LogP contribution in [0.1, 0.15) is 45.6 Å². The molecule has 1 aromatic rings. The van der Waals surface area contributed by atoms with Gasteiger partial charge in [-0.05, 0) is 29.9 Å². The van der Waals surface area contributed by atoms with Crippen molar-refractivity contribution >= 4 is 5.91 Å². The molecule has 1 amide bonds. The van der Waals surface area contributed by atoms with Crippen molar-refractivity contribution in [3.8, 4) is 5.75 Å². The SMILES string of the molecule is CC(C)CCNC(=O)COc1ccccc1C(C)C. The number of ether oxygens (including phenoxy) is 1. The van der Waals surface area contributed by atoms with Crippen molar-refractivity contribution in [3.05, 3.63) is 29.8 Å². The van der Waals surface area contributed by atoms with Crippen molar-refractivity contribution in [2.24, 2.45) is 5.92 Å². The maximum atomic E-state index is 11.6. The second kappa shape index (κ2) is 7.82. The van der Waals surface area contributed by atoms with Crippen LogP contribution in [0.5, 0.6) is 5.75 Å². The first-order valence-electron chi connectivity index (χ1n) is 6.99. The maximum absolute atomic E-state index is 11.6. The summed E-state index contributed by atoms with van der Waals surface area (Å²) in [6.45, 7) is 9.31. The molecule has 0 aliphatic carbocycles.